The van der Waals surface area contributed by atoms with Crippen molar-refractivity contribution in [3.63, 3.8) is 0 Å². The van der Waals surface area contributed by atoms with Crippen molar-refractivity contribution in [2.24, 2.45) is 22.7 Å². The molecule has 2 aliphatic rings. The fourth-order valence-corrected chi connectivity index (χ4v) is 4.43. The van der Waals surface area contributed by atoms with Crippen LogP contribution in [-0.4, -0.2) is 23.3 Å². The van der Waals surface area contributed by atoms with E-state index >= 15 is 0 Å². The Morgan fingerprint density at radius 2 is 1.92 bits per heavy atom. The van der Waals surface area contributed by atoms with Gasteiger partial charge in [-0.1, -0.05) is 20.8 Å². The number of ether oxygens (including phenoxy) is 1. The van der Waals surface area contributed by atoms with Gasteiger partial charge in [0.15, 0.2) is 0 Å². The number of Topliss-reactive ketones (excluding diaryl/α,β-unsaturated/α-hetero) is 1. The minimum absolute atomic E-state index is 0.0749. The molecule has 0 unspecified atom stereocenters. The van der Waals surface area contributed by atoms with Gasteiger partial charge in [-0.2, -0.15) is 0 Å². The Morgan fingerprint density at radius 1 is 1.29 bits per heavy atom. The van der Waals surface area contributed by atoms with Crippen molar-refractivity contribution >= 4 is 17.4 Å². The number of carbonyl (C=O) groups is 2. The molecule has 24 heavy (non-hydrogen) atoms. The molecule has 1 aromatic carbocycles. The van der Waals surface area contributed by atoms with Gasteiger partial charge in [0.05, 0.1) is 16.4 Å². The lowest BCUT2D eigenvalue weighted by molar-refractivity contribution is -0.384. The van der Waals surface area contributed by atoms with Crippen molar-refractivity contribution < 1.29 is 19.2 Å². The van der Waals surface area contributed by atoms with Crippen molar-refractivity contribution in [3.05, 3.63) is 39.9 Å². The van der Waals surface area contributed by atoms with E-state index in [1.807, 2.05) is 6.92 Å². The SMILES string of the molecule is CC1(C)[C@H]2CC[C@]1(C)C(=O)[C@H]2COC(=O)c1ccc([N+](=O)[O-])cc1. The highest BCUT2D eigenvalue weighted by Gasteiger charge is 2.66. The third-order valence-electron chi connectivity index (χ3n) is 6.38. The minimum Gasteiger partial charge on any atom is -0.461 e. The molecule has 1 aromatic rings. The molecular weight excluding hydrogens is 310 g/mol. The average molecular weight is 331 g/mol. The maximum absolute atomic E-state index is 12.7. The van der Waals surface area contributed by atoms with E-state index in [4.69, 9.17) is 4.74 Å². The van der Waals surface area contributed by atoms with Crippen LogP contribution < -0.4 is 0 Å². The fourth-order valence-electron chi connectivity index (χ4n) is 4.43. The normalized spacial score (nSPS) is 30.4. The molecule has 6 nitrogen and oxygen atoms in total. The molecule has 0 amide bonds. The molecule has 3 atom stereocenters. The predicted octanol–water partition coefficient (Wildman–Crippen LogP) is 3.39. The Balaban J connectivity index is 1.67. The van der Waals surface area contributed by atoms with E-state index in [1.54, 1.807) is 0 Å². The van der Waals surface area contributed by atoms with Crippen molar-refractivity contribution in [2.45, 2.75) is 33.6 Å². The van der Waals surface area contributed by atoms with E-state index in [1.165, 1.54) is 24.3 Å². The summed E-state index contributed by atoms with van der Waals surface area (Å²) in [6.07, 6.45) is 1.88. The number of rotatable bonds is 4. The molecule has 3 rings (SSSR count). The number of ketones is 1. The van der Waals surface area contributed by atoms with E-state index < -0.39 is 10.9 Å². The van der Waals surface area contributed by atoms with Crippen LogP contribution in [0.2, 0.25) is 0 Å². The number of nitrogens with zero attached hydrogens (tertiary/aromatic N) is 1. The van der Waals surface area contributed by atoms with Crippen LogP contribution in [0.15, 0.2) is 24.3 Å². The van der Waals surface area contributed by atoms with Gasteiger partial charge in [-0.3, -0.25) is 14.9 Å². The number of carbonyl (C=O) groups excluding carboxylic acids is 2. The Morgan fingerprint density at radius 3 is 2.42 bits per heavy atom. The molecule has 0 saturated heterocycles. The molecule has 6 heteroatoms. The molecule has 0 heterocycles. The summed E-state index contributed by atoms with van der Waals surface area (Å²) in [5, 5.41) is 10.6. The van der Waals surface area contributed by atoms with E-state index in [2.05, 4.69) is 13.8 Å². The molecule has 0 aromatic heterocycles. The largest absolute Gasteiger partial charge is 0.461 e. The van der Waals surface area contributed by atoms with Crippen LogP contribution in [0.1, 0.15) is 44.0 Å². The maximum atomic E-state index is 12.7. The summed E-state index contributed by atoms with van der Waals surface area (Å²) in [5.74, 6) is -0.371. The second kappa shape index (κ2) is 5.40. The van der Waals surface area contributed by atoms with E-state index in [9.17, 15) is 19.7 Å². The maximum Gasteiger partial charge on any atom is 0.338 e. The monoisotopic (exact) mass is 331 g/mol. The number of benzene rings is 1. The molecule has 128 valence electrons. The Bertz CT molecular complexity index is 709. The number of esters is 1. The van der Waals surface area contributed by atoms with Crippen LogP contribution in [-0.2, 0) is 9.53 Å². The second-order valence-corrected chi connectivity index (χ2v) is 7.57. The smallest absolute Gasteiger partial charge is 0.338 e. The van der Waals surface area contributed by atoms with Crippen molar-refractivity contribution in [1.29, 1.82) is 0 Å². The zero-order valence-electron chi connectivity index (χ0n) is 14.1. The first kappa shape index (κ1) is 16.6. The molecule has 0 aliphatic heterocycles. The first-order chi connectivity index (χ1) is 11.2. The molecule has 2 bridgehead atoms. The quantitative estimate of drug-likeness (QED) is 0.479. The third-order valence-corrected chi connectivity index (χ3v) is 6.38. The van der Waals surface area contributed by atoms with Crippen LogP contribution in [0.3, 0.4) is 0 Å². The lowest BCUT2D eigenvalue weighted by Crippen LogP contribution is -2.34. The number of nitro groups is 1. The first-order valence-electron chi connectivity index (χ1n) is 8.14. The number of nitro benzene ring substituents is 1. The average Bonchev–Trinajstić information content (AvgIpc) is 2.85. The van der Waals surface area contributed by atoms with Crippen LogP contribution in [0, 0.1) is 32.8 Å². The van der Waals surface area contributed by atoms with Crippen molar-refractivity contribution in [2.75, 3.05) is 6.61 Å². The molecule has 0 N–H and O–H groups in total. The molecule has 2 aliphatic carbocycles. The van der Waals surface area contributed by atoms with Gasteiger partial charge in [0.1, 0.15) is 12.4 Å². The predicted molar refractivity (Wildman–Crippen MR) is 86.5 cm³/mol. The summed E-state index contributed by atoms with van der Waals surface area (Å²) in [4.78, 5) is 35.0. The van der Waals surface area contributed by atoms with Gasteiger partial charge >= 0.3 is 5.97 Å². The Kier molecular flexibility index (Phi) is 3.73. The molecule has 2 fully saturated rings. The summed E-state index contributed by atoms with van der Waals surface area (Å²) in [5.41, 5.74) is -0.234. The van der Waals surface area contributed by atoms with E-state index in [0.717, 1.165) is 12.8 Å². The lowest BCUT2D eigenvalue weighted by atomic mass is 9.70. The van der Waals surface area contributed by atoms with Crippen LogP contribution in [0.4, 0.5) is 5.69 Å². The van der Waals surface area contributed by atoms with Gasteiger partial charge in [0.25, 0.3) is 5.69 Å². The summed E-state index contributed by atoms with van der Waals surface area (Å²) < 4.78 is 5.34. The molecule has 2 saturated carbocycles. The van der Waals surface area contributed by atoms with E-state index in [0.29, 0.717) is 0 Å². The highest BCUT2D eigenvalue weighted by molar-refractivity contribution is 5.93. The van der Waals surface area contributed by atoms with Gasteiger partial charge in [-0.05, 0) is 36.3 Å². The van der Waals surface area contributed by atoms with Gasteiger partial charge in [-0.15, -0.1) is 0 Å². The van der Waals surface area contributed by atoms with Gasteiger partial charge in [-0.25, -0.2) is 4.79 Å². The zero-order chi connectivity index (χ0) is 17.7. The Hall–Kier alpha value is -2.24. The van der Waals surface area contributed by atoms with Crippen LogP contribution in [0.25, 0.3) is 0 Å². The molecule has 0 spiro atoms. The van der Waals surface area contributed by atoms with Crippen LogP contribution in [0.5, 0.6) is 0 Å². The molecule has 0 radical (unpaired) electrons. The second-order valence-electron chi connectivity index (χ2n) is 7.57. The fraction of sp³-hybridized carbons (Fsp3) is 0.556. The Labute approximate surface area is 140 Å². The number of non-ortho nitro benzene ring substituents is 1. The minimum atomic E-state index is -0.552. The summed E-state index contributed by atoms with van der Waals surface area (Å²) in [7, 11) is 0. The highest BCUT2D eigenvalue weighted by atomic mass is 16.6. The highest BCUT2D eigenvalue weighted by Crippen LogP contribution is 2.65. The lowest BCUT2D eigenvalue weighted by Gasteiger charge is -2.32. The van der Waals surface area contributed by atoms with Crippen molar-refractivity contribution in [1.82, 2.24) is 0 Å². The number of hydrogen-bond acceptors (Lipinski definition) is 5. The van der Waals surface area contributed by atoms with Gasteiger partial charge in [0, 0.05) is 17.5 Å². The third kappa shape index (κ3) is 2.24. The standard InChI is InChI=1S/C18H21NO5/c1-17(2)14-8-9-18(17,3)15(20)13(14)10-24-16(21)11-4-6-12(7-5-11)19(22)23/h4-7,13-14H,8-10H2,1-3H3/t13-,14-,18+/m0/s1. The van der Waals surface area contributed by atoms with Gasteiger partial charge in [0.2, 0.25) is 0 Å². The van der Waals surface area contributed by atoms with E-state index in [-0.39, 0.29) is 46.3 Å². The number of hydrogen-bond donors (Lipinski definition) is 0. The van der Waals surface area contributed by atoms with Crippen molar-refractivity contribution in [3.8, 4) is 0 Å². The summed E-state index contributed by atoms with van der Waals surface area (Å²) in [6.45, 7) is 6.35. The summed E-state index contributed by atoms with van der Waals surface area (Å²) >= 11 is 0. The topological polar surface area (TPSA) is 86.5 Å². The van der Waals surface area contributed by atoms with Gasteiger partial charge < -0.3 is 4.74 Å². The molecular formula is C18H21NO5. The summed E-state index contributed by atoms with van der Waals surface area (Å²) in [6, 6.07) is 5.27. The first-order valence-corrected chi connectivity index (χ1v) is 8.14. The van der Waals surface area contributed by atoms with Crippen LogP contribution >= 0.6 is 0 Å². The zero-order valence-corrected chi connectivity index (χ0v) is 14.1. The number of fused-ring (bicyclic) bond motifs is 2.